The van der Waals surface area contributed by atoms with Gasteiger partial charge in [0.15, 0.2) is 0 Å². The molecule has 1 aromatic heterocycles. The van der Waals surface area contributed by atoms with Crippen LogP contribution in [0.4, 0.5) is 5.69 Å². The van der Waals surface area contributed by atoms with E-state index in [0.717, 1.165) is 11.3 Å². The van der Waals surface area contributed by atoms with E-state index >= 15 is 0 Å². The van der Waals surface area contributed by atoms with E-state index < -0.39 is 0 Å². The van der Waals surface area contributed by atoms with Crippen LogP contribution in [-0.2, 0) is 0 Å². The third-order valence-corrected chi connectivity index (χ3v) is 3.33. The highest BCUT2D eigenvalue weighted by atomic mass is 15.0. The second-order valence-electron chi connectivity index (χ2n) is 5.46. The largest absolute Gasteiger partial charge is 0.349 e. The first kappa shape index (κ1) is 13.6. The second-order valence-corrected chi connectivity index (χ2v) is 5.46. The average Bonchev–Trinajstić information content (AvgIpc) is 2.69. The predicted molar refractivity (Wildman–Crippen MR) is 82.7 cm³/mol. The molecule has 0 aliphatic heterocycles. The van der Waals surface area contributed by atoms with Gasteiger partial charge in [-0.25, -0.2) is 0 Å². The molecule has 0 radical (unpaired) electrons. The first-order chi connectivity index (χ1) is 8.97. The summed E-state index contributed by atoms with van der Waals surface area (Å²) in [5, 5.41) is 0. The number of aliphatic imine (C=N–C) groups is 1. The van der Waals surface area contributed by atoms with E-state index in [2.05, 4.69) is 74.6 Å². The van der Waals surface area contributed by atoms with Gasteiger partial charge in [0.2, 0.25) is 0 Å². The molecule has 2 heteroatoms. The topological polar surface area (TPSA) is 17.3 Å². The maximum atomic E-state index is 4.59. The van der Waals surface area contributed by atoms with E-state index in [1.165, 1.54) is 16.8 Å². The molecule has 2 aromatic rings. The predicted octanol–water partition coefficient (Wildman–Crippen LogP) is 4.74. The highest BCUT2D eigenvalue weighted by Gasteiger charge is 2.03. The normalized spacial score (nSPS) is 11.7. The number of hydrogen-bond donors (Lipinski definition) is 0. The number of rotatable bonds is 3. The van der Waals surface area contributed by atoms with Gasteiger partial charge in [0.1, 0.15) is 0 Å². The Hall–Kier alpha value is -1.83. The van der Waals surface area contributed by atoms with Gasteiger partial charge in [-0.3, -0.25) is 4.99 Å². The molecule has 0 aliphatic rings. The zero-order chi connectivity index (χ0) is 14.0. The first-order valence-corrected chi connectivity index (χ1v) is 6.77. The quantitative estimate of drug-likeness (QED) is 0.704. The zero-order valence-corrected chi connectivity index (χ0v) is 12.4. The molecule has 0 aliphatic carbocycles. The molecule has 0 spiro atoms. The van der Waals surface area contributed by atoms with Crippen LogP contribution in [0.3, 0.4) is 0 Å². The van der Waals surface area contributed by atoms with Crippen molar-refractivity contribution in [2.24, 2.45) is 4.99 Å². The molecule has 0 unspecified atom stereocenters. The highest BCUT2D eigenvalue weighted by molar-refractivity contribution is 5.82. The van der Waals surface area contributed by atoms with Gasteiger partial charge in [0.25, 0.3) is 0 Å². The van der Waals surface area contributed by atoms with E-state index in [-0.39, 0.29) is 0 Å². The standard InChI is InChI=1S/C17H22N2/c1-12(2)19-11-16(9-15(19)5)10-18-17-7-6-13(3)8-14(17)4/h6-12H,1-5H3. The Morgan fingerprint density at radius 3 is 2.42 bits per heavy atom. The van der Waals surface area contributed by atoms with Gasteiger partial charge in [-0.05, 0) is 52.3 Å². The minimum atomic E-state index is 0.489. The van der Waals surface area contributed by atoms with Gasteiger partial charge in [0, 0.05) is 29.7 Å². The molecule has 2 nitrogen and oxygen atoms in total. The van der Waals surface area contributed by atoms with Crippen molar-refractivity contribution < 1.29 is 0 Å². The highest BCUT2D eigenvalue weighted by Crippen LogP contribution is 2.20. The van der Waals surface area contributed by atoms with Crippen LogP contribution in [0.2, 0.25) is 0 Å². The van der Waals surface area contributed by atoms with Crippen molar-refractivity contribution in [3.63, 3.8) is 0 Å². The van der Waals surface area contributed by atoms with Crippen LogP contribution in [0.1, 0.15) is 42.3 Å². The van der Waals surface area contributed by atoms with Crippen LogP contribution in [0.25, 0.3) is 0 Å². The van der Waals surface area contributed by atoms with Crippen molar-refractivity contribution in [1.82, 2.24) is 4.57 Å². The van der Waals surface area contributed by atoms with Crippen molar-refractivity contribution >= 4 is 11.9 Å². The molecular formula is C17H22N2. The molecule has 0 atom stereocenters. The lowest BCUT2D eigenvalue weighted by molar-refractivity contribution is 0.589. The van der Waals surface area contributed by atoms with Gasteiger partial charge < -0.3 is 4.57 Å². The smallest absolute Gasteiger partial charge is 0.0659 e. The average molecular weight is 254 g/mol. The lowest BCUT2D eigenvalue weighted by atomic mass is 10.1. The van der Waals surface area contributed by atoms with Crippen molar-refractivity contribution in [3.05, 3.63) is 52.8 Å². The maximum Gasteiger partial charge on any atom is 0.0659 e. The summed E-state index contributed by atoms with van der Waals surface area (Å²) in [7, 11) is 0. The molecule has 1 aromatic carbocycles. The molecule has 19 heavy (non-hydrogen) atoms. The van der Waals surface area contributed by atoms with Crippen LogP contribution in [0.5, 0.6) is 0 Å². The van der Waals surface area contributed by atoms with E-state index in [1.54, 1.807) is 0 Å². The minimum absolute atomic E-state index is 0.489. The van der Waals surface area contributed by atoms with Crippen molar-refractivity contribution in [2.75, 3.05) is 0 Å². The molecule has 0 saturated heterocycles. The fraction of sp³-hybridized carbons (Fsp3) is 0.353. The first-order valence-electron chi connectivity index (χ1n) is 6.77. The van der Waals surface area contributed by atoms with Gasteiger partial charge in [-0.15, -0.1) is 0 Å². The fourth-order valence-corrected chi connectivity index (χ4v) is 2.34. The monoisotopic (exact) mass is 254 g/mol. The Bertz CT molecular complexity index is 604. The number of benzene rings is 1. The van der Waals surface area contributed by atoms with Gasteiger partial charge >= 0.3 is 0 Å². The van der Waals surface area contributed by atoms with Crippen LogP contribution < -0.4 is 0 Å². The van der Waals surface area contributed by atoms with Gasteiger partial charge in [-0.1, -0.05) is 17.7 Å². The second kappa shape index (κ2) is 5.43. The Morgan fingerprint density at radius 1 is 1.11 bits per heavy atom. The summed E-state index contributed by atoms with van der Waals surface area (Å²) in [6.45, 7) is 10.7. The fourth-order valence-electron chi connectivity index (χ4n) is 2.34. The lowest BCUT2D eigenvalue weighted by Gasteiger charge is -2.08. The molecule has 100 valence electrons. The molecule has 0 saturated carbocycles. The van der Waals surface area contributed by atoms with E-state index in [9.17, 15) is 0 Å². The van der Waals surface area contributed by atoms with Crippen LogP contribution >= 0.6 is 0 Å². The summed E-state index contributed by atoms with van der Waals surface area (Å²) in [5.41, 5.74) is 5.97. The summed E-state index contributed by atoms with van der Waals surface area (Å²) in [4.78, 5) is 4.59. The Kier molecular flexibility index (Phi) is 3.89. The third-order valence-electron chi connectivity index (χ3n) is 3.33. The van der Waals surface area contributed by atoms with Gasteiger partial charge in [-0.2, -0.15) is 0 Å². The molecule has 0 fully saturated rings. The molecule has 2 rings (SSSR count). The Morgan fingerprint density at radius 2 is 1.84 bits per heavy atom. The van der Waals surface area contributed by atoms with E-state index in [0.29, 0.717) is 6.04 Å². The van der Waals surface area contributed by atoms with Crippen LogP contribution in [0.15, 0.2) is 35.5 Å². The van der Waals surface area contributed by atoms with Crippen molar-refractivity contribution in [1.29, 1.82) is 0 Å². The maximum absolute atomic E-state index is 4.59. The minimum Gasteiger partial charge on any atom is -0.349 e. The number of aromatic nitrogens is 1. The van der Waals surface area contributed by atoms with Gasteiger partial charge in [0.05, 0.1) is 5.69 Å². The Balaban J connectivity index is 2.25. The summed E-state index contributed by atoms with van der Waals surface area (Å²) >= 11 is 0. The van der Waals surface area contributed by atoms with Crippen molar-refractivity contribution in [3.8, 4) is 0 Å². The summed E-state index contributed by atoms with van der Waals surface area (Å²) in [6.07, 6.45) is 4.11. The number of nitrogens with zero attached hydrogens (tertiary/aromatic N) is 2. The molecule has 1 heterocycles. The lowest BCUT2D eigenvalue weighted by Crippen LogP contribution is -2.00. The number of hydrogen-bond acceptors (Lipinski definition) is 1. The molecule has 0 amide bonds. The number of aryl methyl sites for hydroxylation is 3. The van der Waals surface area contributed by atoms with E-state index in [4.69, 9.17) is 0 Å². The summed E-state index contributed by atoms with van der Waals surface area (Å²) in [5.74, 6) is 0. The third kappa shape index (κ3) is 3.14. The molecule has 0 N–H and O–H groups in total. The molecule has 0 bridgehead atoms. The van der Waals surface area contributed by atoms with E-state index in [1.807, 2.05) is 6.21 Å². The van der Waals surface area contributed by atoms with Crippen molar-refractivity contribution in [2.45, 2.75) is 40.7 Å². The van der Waals surface area contributed by atoms with Crippen LogP contribution in [-0.4, -0.2) is 10.8 Å². The Labute approximate surface area is 115 Å². The summed E-state index contributed by atoms with van der Waals surface area (Å²) < 4.78 is 2.27. The molecular weight excluding hydrogens is 232 g/mol. The zero-order valence-electron chi connectivity index (χ0n) is 12.4. The SMILES string of the molecule is Cc1ccc(N=Cc2cc(C)n(C(C)C)c2)c(C)c1. The van der Waals surface area contributed by atoms with Crippen LogP contribution in [0, 0.1) is 20.8 Å². The summed E-state index contributed by atoms with van der Waals surface area (Å²) in [6, 6.07) is 9.00.